The van der Waals surface area contributed by atoms with Crippen molar-refractivity contribution in [3.8, 4) is 0 Å². The zero-order chi connectivity index (χ0) is 10.9. The molecule has 0 spiro atoms. The lowest BCUT2D eigenvalue weighted by Gasteiger charge is -1.95. The molecule has 0 aromatic heterocycles. The van der Waals surface area contributed by atoms with Crippen molar-refractivity contribution in [1.82, 2.24) is 0 Å². The average Bonchev–Trinajstić information content (AvgIpc) is 2.26. The maximum Gasteiger partial charge on any atom is 0.198 e. The van der Waals surface area contributed by atoms with Crippen molar-refractivity contribution in [3.63, 3.8) is 0 Å². The molecule has 0 saturated heterocycles. The molecule has 0 atom stereocenters. The van der Waals surface area contributed by atoms with Crippen LogP contribution in [0.15, 0.2) is 36.4 Å². The third kappa shape index (κ3) is 5.38. The number of allylic oxidation sites excluding steroid dienone is 2. The molecule has 0 aliphatic carbocycles. The third-order valence-corrected chi connectivity index (χ3v) is 2.34. The second-order valence-corrected chi connectivity index (χ2v) is 3.77. The average molecular weight is 222 g/mol. The molecule has 1 rings (SSSR count). The van der Waals surface area contributed by atoms with E-state index in [2.05, 4.69) is 12.2 Å². The van der Waals surface area contributed by atoms with Gasteiger partial charge in [-0.3, -0.25) is 4.79 Å². The van der Waals surface area contributed by atoms with Gasteiger partial charge in [0, 0.05) is 11.4 Å². The minimum absolute atomic E-state index is 0.533. The molecule has 0 N–H and O–H groups in total. The van der Waals surface area contributed by atoms with E-state index in [0.29, 0.717) is 6.42 Å². The highest BCUT2D eigenvalue weighted by Crippen LogP contribution is 2.10. The van der Waals surface area contributed by atoms with Crippen LogP contribution in [0.5, 0.6) is 0 Å². The molecule has 1 aromatic carbocycles. The van der Waals surface area contributed by atoms with Gasteiger partial charge in [-0.2, -0.15) is 0 Å². The molecule has 2 heteroatoms. The molecule has 15 heavy (non-hydrogen) atoms. The summed E-state index contributed by atoms with van der Waals surface area (Å²) in [5.41, 5.74) is 1.25. The largest absolute Gasteiger partial charge is 0.291 e. The fourth-order valence-electron chi connectivity index (χ4n) is 1.25. The first-order chi connectivity index (χ1) is 7.33. The number of rotatable bonds is 6. The fraction of sp³-hybridized carbons (Fsp3) is 0.308. The van der Waals surface area contributed by atoms with E-state index >= 15 is 0 Å². The number of benzene rings is 1. The Balaban J connectivity index is 2.24. The highest BCUT2D eigenvalue weighted by Gasteiger charge is 1.89. The highest BCUT2D eigenvalue weighted by molar-refractivity contribution is 6.30. The second-order valence-electron chi connectivity index (χ2n) is 3.34. The lowest BCUT2D eigenvalue weighted by molar-refractivity contribution is 0.549. The molecule has 1 aromatic rings. The van der Waals surface area contributed by atoms with Crippen LogP contribution in [-0.2, 0) is 11.2 Å². The van der Waals surface area contributed by atoms with Gasteiger partial charge in [0.2, 0.25) is 0 Å². The molecule has 0 saturated carbocycles. The Morgan fingerprint density at radius 1 is 1.20 bits per heavy atom. The Kier molecular flexibility index (Phi) is 5.79. The van der Waals surface area contributed by atoms with E-state index in [1.807, 2.05) is 30.6 Å². The van der Waals surface area contributed by atoms with Gasteiger partial charge in [0.05, 0.1) is 0 Å². The number of carbonyl (C=O) groups excluding carboxylic acids is 1. The van der Waals surface area contributed by atoms with Crippen molar-refractivity contribution in [1.29, 1.82) is 0 Å². The number of halogens is 1. The van der Waals surface area contributed by atoms with Gasteiger partial charge >= 0.3 is 0 Å². The van der Waals surface area contributed by atoms with Crippen LogP contribution in [0, 0.1) is 0 Å². The molecular formula is C13H14ClO. The zero-order valence-corrected chi connectivity index (χ0v) is 9.33. The maximum atomic E-state index is 9.93. The van der Waals surface area contributed by atoms with Gasteiger partial charge in [0.25, 0.3) is 0 Å². The smallest absolute Gasteiger partial charge is 0.198 e. The van der Waals surface area contributed by atoms with E-state index in [-0.39, 0.29) is 0 Å². The third-order valence-electron chi connectivity index (χ3n) is 2.08. The molecular weight excluding hydrogens is 208 g/mol. The summed E-state index contributed by atoms with van der Waals surface area (Å²) in [4.78, 5) is 9.93. The zero-order valence-electron chi connectivity index (χ0n) is 8.58. The van der Waals surface area contributed by atoms with Crippen LogP contribution in [0.1, 0.15) is 24.8 Å². The summed E-state index contributed by atoms with van der Waals surface area (Å²) in [6, 6.07) is 7.83. The maximum absolute atomic E-state index is 9.93. The van der Waals surface area contributed by atoms with Gasteiger partial charge in [-0.15, -0.1) is 0 Å². The van der Waals surface area contributed by atoms with Gasteiger partial charge in [0.1, 0.15) is 0 Å². The fourth-order valence-corrected chi connectivity index (χ4v) is 1.38. The Hall–Kier alpha value is -1.08. The Labute approximate surface area is 95.8 Å². The van der Waals surface area contributed by atoms with Crippen molar-refractivity contribution in [3.05, 3.63) is 47.0 Å². The highest BCUT2D eigenvalue weighted by atomic mass is 35.5. The molecule has 0 unspecified atom stereocenters. The van der Waals surface area contributed by atoms with Crippen LogP contribution in [0.4, 0.5) is 0 Å². The van der Waals surface area contributed by atoms with Gasteiger partial charge in [-0.25, -0.2) is 0 Å². The van der Waals surface area contributed by atoms with E-state index < -0.39 is 0 Å². The molecule has 0 amide bonds. The van der Waals surface area contributed by atoms with Crippen molar-refractivity contribution in [2.75, 3.05) is 0 Å². The van der Waals surface area contributed by atoms with E-state index in [0.717, 1.165) is 24.3 Å². The SMILES string of the molecule is O=[C]CCC/C=C/Cc1ccc(Cl)cc1. The minimum Gasteiger partial charge on any atom is -0.291 e. The van der Waals surface area contributed by atoms with Crippen molar-refractivity contribution < 1.29 is 4.79 Å². The predicted molar refractivity (Wildman–Crippen MR) is 63.8 cm³/mol. The first-order valence-electron chi connectivity index (χ1n) is 5.07. The minimum atomic E-state index is 0.533. The van der Waals surface area contributed by atoms with Gasteiger partial charge < -0.3 is 0 Å². The molecule has 0 bridgehead atoms. The number of unbranched alkanes of at least 4 members (excludes halogenated alkanes) is 2. The standard InChI is InChI=1S/C13H14ClO/c14-13-9-7-12(8-10-13)6-4-2-1-3-5-11-15/h2,4,7-10H,1,3,5-6H2/b4-2+. The number of hydrogen-bond acceptors (Lipinski definition) is 1. The first kappa shape index (κ1) is 12.0. The van der Waals surface area contributed by atoms with Crippen molar-refractivity contribution in [2.45, 2.75) is 25.7 Å². The molecule has 0 aliphatic rings. The van der Waals surface area contributed by atoms with Crippen LogP contribution >= 0.6 is 11.6 Å². The lowest BCUT2D eigenvalue weighted by Crippen LogP contribution is -1.80. The van der Waals surface area contributed by atoms with Crippen LogP contribution in [0.2, 0.25) is 5.02 Å². The number of hydrogen-bond donors (Lipinski definition) is 0. The van der Waals surface area contributed by atoms with Crippen LogP contribution < -0.4 is 0 Å². The normalized spacial score (nSPS) is 10.7. The van der Waals surface area contributed by atoms with Gasteiger partial charge in [0.15, 0.2) is 6.29 Å². The quantitative estimate of drug-likeness (QED) is 0.529. The molecule has 0 heterocycles. The molecule has 1 radical (unpaired) electrons. The van der Waals surface area contributed by atoms with Crippen LogP contribution in [0.25, 0.3) is 0 Å². The monoisotopic (exact) mass is 221 g/mol. The second kappa shape index (κ2) is 7.24. The topological polar surface area (TPSA) is 17.1 Å². The summed E-state index contributed by atoms with van der Waals surface area (Å²) in [5, 5.41) is 0.768. The van der Waals surface area contributed by atoms with Crippen molar-refractivity contribution >= 4 is 17.9 Å². The molecule has 0 aliphatic heterocycles. The van der Waals surface area contributed by atoms with Gasteiger partial charge in [-0.1, -0.05) is 35.9 Å². The molecule has 1 nitrogen and oxygen atoms in total. The van der Waals surface area contributed by atoms with Crippen LogP contribution in [-0.4, -0.2) is 6.29 Å². The van der Waals surface area contributed by atoms with Gasteiger partial charge in [-0.05, 0) is 37.0 Å². The van der Waals surface area contributed by atoms with Crippen LogP contribution in [0.3, 0.4) is 0 Å². The summed E-state index contributed by atoms with van der Waals surface area (Å²) in [7, 11) is 0. The summed E-state index contributed by atoms with van der Waals surface area (Å²) in [6.07, 6.45) is 9.39. The Morgan fingerprint density at radius 3 is 2.60 bits per heavy atom. The lowest BCUT2D eigenvalue weighted by atomic mass is 10.1. The summed E-state index contributed by atoms with van der Waals surface area (Å²) < 4.78 is 0. The summed E-state index contributed by atoms with van der Waals surface area (Å²) in [6.45, 7) is 0. The Bertz CT molecular complexity index is 314. The first-order valence-corrected chi connectivity index (χ1v) is 5.45. The molecule has 0 fully saturated rings. The Morgan fingerprint density at radius 2 is 1.93 bits per heavy atom. The molecule has 79 valence electrons. The van der Waals surface area contributed by atoms with E-state index in [9.17, 15) is 4.79 Å². The van der Waals surface area contributed by atoms with Crippen molar-refractivity contribution in [2.24, 2.45) is 0 Å². The van der Waals surface area contributed by atoms with E-state index in [1.54, 1.807) is 0 Å². The predicted octanol–water partition coefficient (Wildman–Crippen LogP) is 3.72. The summed E-state index contributed by atoms with van der Waals surface area (Å²) >= 11 is 5.78. The van der Waals surface area contributed by atoms with E-state index in [1.165, 1.54) is 5.56 Å². The summed E-state index contributed by atoms with van der Waals surface area (Å²) in [5.74, 6) is 0. The van der Waals surface area contributed by atoms with E-state index in [4.69, 9.17) is 11.6 Å².